The van der Waals surface area contributed by atoms with Gasteiger partial charge in [0, 0.05) is 6.54 Å². The van der Waals surface area contributed by atoms with Gasteiger partial charge in [-0.1, -0.05) is 19.9 Å². The van der Waals surface area contributed by atoms with Crippen LogP contribution in [-0.4, -0.2) is 16.1 Å². The van der Waals surface area contributed by atoms with Gasteiger partial charge in [0.05, 0.1) is 17.1 Å². The Hall–Kier alpha value is -1.35. The van der Waals surface area contributed by atoms with Crippen LogP contribution in [0.4, 0.5) is 0 Å². The molecular formula is C15H23N3. The molecule has 18 heavy (non-hydrogen) atoms. The normalized spacial score (nSPS) is 13.1. The summed E-state index contributed by atoms with van der Waals surface area (Å²) in [4.78, 5) is 4.81. The molecule has 0 fully saturated rings. The number of aryl methyl sites for hydroxylation is 2. The van der Waals surface area contributed by atoms with Crippen LogP contribution in [0.25, 0.3) is 11.0 Å². The van der Waals surface area contributed by atoms with E-state index in [1.54, 1.807) is 0 Å². The van der Waals surface area contributed by atoms with Crippen molar-refractivity contribution in [3.05, 3.63) is 29.6 Å². The molecule has 0 amide bonds. The molecule has 1 N–H and O–H groups in total. The van der Waals surface area contributed by atoms with Crippen molar-refractivity contribution in [2.75, 3.05) is 6.54 Å². The van der Waals surface area contributed by atoms with Crippen LogP contribution in [-0.2, 0) is 6.54 Å². The van der Waals surface area contributed by atoms with Crippen molar-refractivity contribution in [3.8, 4) is 0 Å². The van der Waals surface area contributed by atoms with Crippen LogP contribution in [0.2, 0.25) is 0 Å². The molecule has 0 saturated heterocycles. The summed E-state index contributed by atoms with van der Waals surface area (Å²) in [6, 6.07) is 6.83. The molecule has 0 bridgehead atoms. The average molecular weight is 245 g/mol. The first-order valence-corrected chi connectivity index (χ1v) is 6.87. The minimum absolute atomic E-state index is 0.300. The zero-order valence-corrected chi connectivity index (χ0v) is 11.8. The van der Waals surface area contributed by atoms with Crippen LogP contribution in [0.3, 0.4) is 0 Å². The fourth-order valence-electron chi connectivity index (χ4n) is 2.45. The van der Waals surface area contributed by atoms with Gasteiger partial charge in [-0.25, -0.2) is 4.98 Å². The molecule has 1 atom stereocenters. The second-order valence-corrected chi connectivity index (χ2v) is 4.89. The first-order valence-electron chi connectivity index (χ1n) is 6.87. The van der Waals surface area contributed by atoms with Gasteiger partial charge in [-0.15, -0.1) is 0 Å². The second kappa shape index (κ2) is 5.53. The predicted molar refractivity (Wildman–Crippen MR) is 76.9 cm³/mol. The van der Waals surface area contributed by atoms with Crippen molar-refractivity contribution in [1.29, 1.82) is 0 Å². The summed E-state index contributed by atoms with van der Waals surface area (Å²) >= 11 is 0. The maximum absolute atomic E-state index is 4.81. The molecule has 0 spiro atoms. The van der Waals surface area contributed by atoms with E-state index in [4.69, 9.17) is 4.98 Å². The summed E-state index contributed by atoms with van der Waals surface area (Å²) < 4.78 is 2.35. The van der Waals surface area contributed by atoms with E-state index in [0.717, 1.165) is 30.9 Å². The zero-order chi connectivity index (χ0) is 13.1. The average Bonchev–Trinajstić information content (AvgIpc) is 2.68. The minimum Gasteiger partial charge on any atom is -0.327 e. The van der Waals surface area contributed by atoms with Gasteiger partial charge in [0.1, 0.15) is 5.82 Å². The topological polar surface area (TPSA) is 29.9 Å². The summed E-state index contributed by atoms with van der Waals surface area (Å²) in [6.07, 6.45) is 1.13. The molecule has 1 heterocycles. The van der Waals surface area contributed by atoms with Crippen LogP contribution < -0.4 is 5.32 Å². The van der Waals surface area contributed by atoms with E-state index in [0.29, 0.717) is 6.04 Å². The van der Waals surface area contributed by atoms with E-state index in [9.17, 15) is 0 Å². The number of aromatic nitrogens is 2. The fraction of sp³-hybridized carbons (Fsp3) is 0.533. The Labute approximate surface area is 109 Å². The lowest BCUT2D eigenvalue weighted by atomic mass is 10.2. The maximum Gasteiger partial charge on any atom is 0.126 e. The minimum atomic E-state index is 0.300. The van der Waals surface area contributed by atoms with Gasteiger partial charge in [-0.3, -0.25) is 0 Å². The Morgan fingerprint density at radius 3 is 2.78 bits per heavy atom. The Bertz CT molecular complexity index is 528. The summed E-state index contributed by atoms with van der Waals surface area (Å²) in [6.45, 7) is 10.6. The van der Waals surface area contributed by atoms with E-state index >= 15 is 0 Å². The molecule has 1 aromatic carbocycles. The zero-order valence-electron chi connectivity index (χ0n) is 11.8. The van der Waals surface area contributed by atoms with Gasteiger partial charge in [-0.2, -0.15) is 0 Å². The molecule has 0 radical (unpaired) electrons. The number of nitrogens with one attached hydrogen (secondary N) is 1. The van der Waals surface area contributed by atoms with Crippen molar-refractivity contribution < 1.29 is 0 Å². The lowest BCUT2D eigenvalue weighted by Crippen LogP contribution is -2.21. The largest absolute Gasteiger partial charge is 0.327 e. The quantitative estimate of drug-likeness (QED) is 0.874. The van der Waals surface area contributed by atoms with Gasteiger partial charge in [0.2, 0.25) is 0 Å². The van der Waals surface area contributed by atoms with Crippen LogP contribution in [0.5, 0.6) is 0 Å². The standard InChI is InChI=1S/C15H23N3/c1-5-9-18-14-8-7-11(3)10-13(14)17-15(18)12(4)16-6-2/h7-8,10,12,16H,5-6,9H2,1-4H3. The number of hydrogen-bond acceptors (Lipinski definition) is 2. The van der Waals surface area contributed by atoms with Gasteiger partial charge in [0.25, 0.3) is 0 Å². The number of imidazole rings is 1. The Morgan fingerprint density at radius 2 is 2.11 bits per heavy atom. The number of nitrogens with zero attached hydrogens (tertiary/aromatic N) is 2. The maximum atomic E-state index is 4.81. The Kier molecular flexibility index (Phi) is 4.02. The van der Waals surface area contributed by atoms with Gasteiger partial charge < -0.3 is 9.88 Å². The molecule has 3 heteroatoms. The Morgan fingerprint density at radius 1 is 1.33 bits per heavy atom. The molecule has 2 rings (SSSR count). The molecule has 1 aromatic heterocycles. The predicted octanol–water partition coefficient (Wildman–Crippen LogP) is 3.43. The van der Waals surface area contributed by atoms with Crippen molar-refractivity contribution in [2.45, 2.75) is 46.7 Å². The van der Waals surface area contributed by atoms with Gasteiger partial charge in [-0.05, 0) is 44.5 Å². The van der Waals surface area contributed by atoms with Crippen molar-refractivity contribution in [3.63, 3.8) is 0 Å². The highest BCUT2D eigenvalue weighted by Crippen LogP contribution is 2.22. The lowest BCUT2D eigenvalue weighted by molar-refractivity contribution is 0.527. The van der Waals surface area contributed by atoms with Crippen LogP contribution >= 0.6 is 0 Å². The molecule has 2 aromatic rings. The highest BCUT2D eigenvalue weighted by Gasteiger charge is 2.15. The van der Waals surface area contributed by atoms with Gasteiger partial charge >= 0.3 is 0 Å². The second-order valence-electron chi connectivity index (χ2n) is 4.89. The molecule has 0 aliphatic rings. The third kappa shape index (κ3) is 2.41. The highest BCUT2D eigenvalue weighted by molar-refractivity contribution is 5.77. The van der Waals surface area contributed by atoms with Gasteiger partial charge in [0.15, 0.2) is 0 Å². The molecule has 0 saturated carbocycles. The SMILES string of the molecule is CCCn1c(C(C)NCC)nc2cc(C)ccc21. The van der Waals surface area contributed by atoms with Crippen molar-refractivity contribution in [1.82, 2.24) is 14.9 Å². The third-order valence-corrected chi connectivity index (χ3v) is 3.28. The van der Waals surface area contributed by atoms with E-state index in [2.05, 4.69) is 55.8 Å². The Balaban J connectivity index is 2.53. The van der Waals surface area contributed by atoms with Crippen LogP contribution in [0.15, 0.2) is 18.2 Å². The first kappa shape index (κ1) is 13.1. The van der Waals surface area contributed by atoms with Crippen LogP contribution in [0, 0.1) is 6.92 Å². The third-order valence-electron chi connectivity index (χ3n) is 3.28. The van der Waals surface area contributed by atoms with E-state index in [1.165, 1.54) is 11.1 Å². The number of rotatable bonds is 5. The lowest BCUT2D eigenvalue weighted by Gasteiger charge is -2.14. The number of hydrogen-bond donors (Lipinski definition) is 1. The first-order chi connectivity index (χ1) is 8.67. The smallest absolute Gasteiger partial charge is 0.126 e. The molecular weight excluding hydrogens is 222 g/mol. The molecule has 0 aliphatic heterocycles. The van der Waals surface area contributed by atoms with Crippen LogP contribution in [0.1, 0.15) is 44.6 Å². The van der Waals surface area contributed by atoms with Crippen molar-refractivity contribution >= 4 is 11.0 Å². The monoisotopic (exact) mass is 245 g/mol. The number of benzene rings is 1. The summed E-state index contributed by atoms with van der Waals surface area (Å²) in [7, 11) is 0. The van der Waals surface area contributed by atoms with Crippen molar-refractivity contribution in [2.24, 2.45) is 0 Å². The summed E-state index contributed by atoms with van der Waals surface area (Å²) in [5.41, 5.74) is 3.64. The van der Waals surface area contributed by atoms with E-state index in [-0.39, 0.29) is 0 Å². The summed E-state index contributed by atoms with van der Waals surface area (Å²) in [5, 5.41) is 3.45. The molecule has 98 valence electrons. The van der Waals surface area contributed by atoms with E-state index < -0.39 is 0 Å². The summed E-state index contributed by atoms with van der Waals surface area (Å²) in [5.74, 6) is 1.15. The number of fused-ring (bicyclic) bond motifs is 1. The molecule has 0 aliphatic carbocycles. The molecule has 3 nitrogen and oxygen atoms in total. The molecule has 1 unspecified atom stereocenters. The fourth-order valence-corrected chi connectivity index (χ4v) is 2.45. The highest BCUT2D eigenvalue weighted by atomic mass is 15.1. The van der Waals surface area contributed by atoms with E-state index in [1.807, 2.05) is 0 Å².